The van der Waals surface area contributed by atoms with Gasteiger partial charge in [-0.25, -0.2) is 0 Å². The predicted molar refractivity (Wildman–Crippen MR) is 88.6 cm³/mol. The van der Waals surface area contributed by atoms with Gasteiger partial charge in [0.2, 0.25) is 0 Å². The van der Waals surface area contributed by atoms with E-state index in [2.05, 4.69) is 59.4 Å². The molecule has 1 atom stereocenters. The molecule has 0 aliphatic carbocycles. The summed E-state index contributed by atoms with van der Waals surface area (Å²) in [5.74, 6) is 0. The van der Waals surface area contributed by atoms with Crippen molar-refractivity contribution in [1.29, 1.82) is 0 Å². The van der Waals surface area contributed by atoms with Crippen molar-refractivity contribution in [3.05, 3.63) is 34.3 Å². The second-order valence-electron chi connectivity index (χ2n) is 5.35. The molecule has 19 heavy (non-hydrogen) atoms. The number of halogens is 1. The molecule has 1 aromatic carbocycles. The van der Waals surface area contributed by atoms with E-state index >= 15 is 0 Å². The van der Waals surface area contributed by atoms with Gasteiger partial charge in [-0.2, -0.15) is 0 Å². The van der Waals surface area contributed by atoms with Crippen LogP contribution in [0, 0.1) is 0 Å². The number of rotatable bonds is 10. The molecule has 0 spiro atoms. The first-order valence-corrected chi connectivity index (χ1v) is 8.52. The summed E-state index contributed by atoms with van der Waals surface area (Å²) in [7, 11) is 0. The summed E-state index contributed by atoms with van der Waals surface area (Å²) < 4.78 is 1.15. The average molecular weight is 326 g/mol. The SMILES string of the molecule is CCCCCCCCCN[C@H](C)c1ccc(Br)cc1. The van der Waals surface area contributed by atoms with Gasteiger partial charge in [-0.3, -0.25) is 0 Å². The van der Waals surface area contributed by atoms with Crippen LogP contribution >= 0.6 is 15.9 Å². The van der Waals surface area contributed by atoms with E-state index in [0.29, 0.717) is 6.04 Å². The molecule has 1 N–H and O–H groups in total. The Balaban J connectivity index is 2.04. The lowest BCUT2D eigenvalue weighted by Crippen LogP contribution is -2.19. The van der Waals surface area contributed by atoms with Crippen LogP contribution in [-0.2, 0) is 0 Å². The fraction of sp³-hybridized carbons (Fsp3) is 0.647. The highest BCUT2D eigenvalue weighted by Gasteiger charge is 2.03. The minimum absolute atomic E-state index is 0.452. The van der Waals surface area contributed by atoms with Crippen LogP contribution in [0.25, 0.3) is 0 Å². The van der Waals surface area contributed by atoms with E-state index in [1.807, 2.05) is 0 Å². The average Bonchev–Trinajstić information content (AvgIpc) is 2.42. The van der Waals surface area contributed by atoms with Gasteiger partial charge in [0.1, 0.15) is 0 Å². The number of hydrogen-bond acceptors (Lipinski definition) is 1. The molecule has 2 heteroatoms. The van der Waals surface area contributed by atoms with Gasteiger partial charge < -0.3 is 5.32 Å². The van der Waals surface area contributed by atoms with Gasteiger partial charge in [-0.15, -0.1) is 0 Å². The molecular formula is C17H28BrN. The molecule has 1 rings (SSSR count). The Morgan fingerprint density at radius 1 is 0.947 bits per heavy atom. The summed E-state index contributed by atoms with van der Waals surface area (Å²) in [5, 5.41) is 3.61. The Morgan fingerprint density at radius 3 is 2.16 bits per heavy atom. The van der Waals surface area contributed by atoms with Crippen LogP contribution < -0.4 is 5.32 Å². The van der Waals surface area contributed by atoms with E-state index in [0.717, 1.165) is 11.0 Å². The van der Waals surface area contributed by atoms with Gasteiger partial charge in [0.15, 0.2) is 0 Å². The quantitative estimate of drug-likeness (QED) is 0.532. The third-order valence-electron chi connectivity index (χ3n) is 3.60. The first-order valence-electron chi connectivity index (χ1n) is 7.73. The minimum atomic E-state index is 0.452. The Hall–Kier alpha value is -0.340. The molecule has 0 aliphatic rings. The normalized spacial score (nSPS) is 12.6. The maximum Gasteiger partial charge on any atom is 0.0291 e. The van der Waals surface area contributed by atoms with Crippen molar-refractivity contribution in [2.24, 2.45) is 0 Å². The number of benzene rings is 1. The fourth-order valence-corrected chi connectivity index (χ4v) is 2.53. The molecule has 1 nitrogen and oxygen atoms in total. The molecular weight excluding hydrogens is 298 g/mol. The van der Waals surface area contributed by atoms with E-state index in [9.17, 15) is 0 Å². The lowest BCUT2D eigenvalue weighted by atomic mass is 10.1. The fourth-order valence-electron chi connectivity index (χ4n) is 2.27. The number of unbranched alkanes of at least 4 members (excludes halogenated alkanes) is 6. The van der Waals surface area contributed by atoms with Gasteiger partial charge in [0, 0.05) is 10.5 Å². The van der Waals surface area contributed by atoms with Gasteiger partial charge >= 0.3 is 0 Å². The Bertz CT molecular complexity index is 321. The van der Waals surface area contributed by atoms with Crippen molar-refractivity contribution in [2.45, 2.75) is 64.8 Å². The van der Waals surface area contributed by atoms with Crippen LogP contribution in [0.3, 0.4) is 0 Å². The van der Waals surface area contributed by atoms with Gasteiger partial charge in [0.25, 0.3) is 0 Å². The zero-order chi connectivity index (χ0) is 13.9. The molecule has 0 heterocycles. The zero-order valence-corrected chi connectivity index (χ0v) is 14.0. The van der Waals surface area contributed by atoms with Gasteiger partial charge in [0.05, 0.1) is 0 Å². The largest absolute Gasteiger partial charge is 0.310 e. The maximum atomic E-state index is 3.61. The molecule has 0 saturated carbocycles. The first kappa shape index (κ1) is 16.7. The smallest absolute Gasteiger partial charge is 0.0291 e. The van der Waals surface area contributed by atoms with Gasteiger partial charge in [-0.1, -0.05) is 73.5 Å². The summed E-state index contributed by atoms with van der Waals surface area (Å²) in [6.45, 7) is 5.64. The summed E-state index contributed by atoms with van der Waals surface area (Å²) in [5.41, 5.74) is 1.37. The summed E-state index contributed by atoms with van der Waals surface area (Å²) in [6, 6.07) is 9.05. The van der Waals surface area contributed by atoms with E-state index in [1.54, 1.807) is 0 Å². The highest BCUT2D eigenvalue weighted by molar-refractivity contribution is 9.10. The lowest BCUT2D eigenvalue weighted by Gasteiger charge is -2.14. The van der Waals surface area contributed by atoms with E-state index in [4.69, 9.17) is 0 Å². The van der Waals surface area contributed by atoms with E-state index in [1.165, 1.54) is 50.5 Å². The molecule has 1 aromatic rings. The van der Waals surface area contributed by atoms with Crippen LogP contribution in [0.15, 0.2) is 28.7 Å². The van der Waals surface area contributed by atoms with Crippen molar-refractivity contribution in [2.75, 3.05) is 6.54 Å². The van der Waals surface area contributed by atoms with Crippen molar-refractivity contribution in [1.82, 2.24) is 5.32 Å². The Kier molecular flexibility index (Phi) is 9.19. The molecule has 0 radical (unpaired) electrons. The molecule has 0 saturated heterocycles. The van der Waals surface area contributed by atoms with Crippen molar-refractivity contribution in [3.8, 4) is 0 Å². The van der Waals surface area contributed by atoms with Crippen molar-refractivity contribution >= 4 is 15.9 Å². The lowest BCUT2D eigenvalue weighted by molar-refractivity contribution is 0.524. The van der Waals surface area contributed by atoms with Crippen molar-refractivity contribution < 1.29 is 0 Å². The van der Waals surface area contributed by atoms with Crippen LogP contribution in [0.2, 0.25) is 0 Å². The Labute approximate surface area is 127 Å². The molecule has 0 fully saturated rings. The standard InChI is InChI=1S/C17H28BrN/c1-3-4-5-6-7-8-9-14-19-15(2)16-10-12-17(18)13-11-16/h10-13,15,19H,3-9,14H2,1-2H3/t15-/m1/s1. The second kappa shape index (κ2) is 10.4. The van der Waals surface area contributed by atoms with E-state index < -0.39 is 0 Å². The predicted octanol–water partition coefficient (Wildman–Crippen LogP) is 5.85. The van der Waals surface area contributed by atoms with Gasteiger partial charge in [-0.05, 0) is 37.6 Å². The topological polar surface area (TPSA) is 12.0 Å². The van der Waals surface area contributed by atoms with Crippen LogP contribution in [-0.4, -0.2) is 6.54 Å². The number of hydrogen-bond donors (Lipinski definition) is 1. The summed E-state index contributed by atoms with van der Waals surface area (Å²) >= 11 is 3.47. The molecule has 0 aliphatic heterocycles. The second-order valence-corrected chi connectivity index (χ2v) is 6.26. The summed E-state index contributed by atoms with van der Waals surface area (Å²) in [6.07, 6.45) is 9.63. The Morgan fingerprint density at radius 2 is 1.53 bits per heavy atom. The van der Waals surface area contributed by atoms with Crippen LogP contribution in [0.1, 0.15) is 70.4 Å². The molecule has 108 valence electrons. The molecule has 0 unspecified atom stereocenters. The monoisotopic (exact) mass is 325 g/mol. The van der Waals surface area contributed by atoms with Crippen LogP contribution in [0.4, 0.5) is 0 Å². The van der Waals surface area contributed by atoms with Crippen LogP contribution in [0.5, 0.6) is 0 Å². The summed E-state index contributed by atoms with van der Waals surface area (Å²) in [4.78, 5) is 0. The van der Waals surface area contributed by atoms with Crippen molar-refractivity contribution in [3.63, 3.8) is 0 Å². The third kappa shape index (κ3) is 7.74. The molecule has 0 amide bonds. The zero-order valence-electron chi connectivity index (χ0n) is 12.4. The highest BCUT2D eigenvalue weighted by Crippen LogP contribution is 2.16. The number of nitrogens with one attached hydrogen (secondary N) is 1. The molecule has 0 aromatic heterocycles. The minimum Gasteiger partial charge on any atom is -0.310 e. The maximum absolute atomic E-state index is 3.61. The first-order chi connectivity index (χ1) is 9.24. The molecule has 0 bridgehead atoms. The van der Waals surface area contributed by atoms with E-state index in [-0.39, 0.29) is 0 Å². The highest BCUT2D eigenvalue weighted by atomic mass is 79.9. The third-order valence-corrected chi connectivity index (χ3v) is 4.13.